The molecule has 0 nitrogen and oxygen atoms in total. The van der Waals surface area contributed by atoms with E-state index in [0.717, 1.165) is 6.92 Å². The van der Waals surface area contributed by atoms with E-state index in [2.05, 4.69) is 0 Å². The maximum absolute atomic E-state index is 10.8. The van der Waals surface area contributed by atoms with Crippen LogP contribution in [0.5, 0.6) is 0 Å². The molecule has 0 radical (unpaired) electrons. The van der Waals surface area contributed by atoms with Crippen LogP contribution in [0.4, 0.5) is 12.9 Å². The van der Waals surface area contributed by atoms with Crippen molar-refractivity contribution in [2.75, 3.05) is 0 Å². The van der Waals surface area contributed by atoms with Crippen molar-refractivity contribution >= 4 is 58.4 Å². The van der Waals surface area contributed by atoms with Crippen molar-refractivity contribution in [1.29, 1.82) is 0 Å². The van der Waals surface area contributed by atoms with Crippen LogP contribution in [0.1, 0.15) is 6.92 Å². The Balaban J connectivity index is 0. The first kappa shape index (κ1) is 11.3. The summed E-state index contributed by atoms with van der Waals surface area (Å²) in [7, 11) is 0. The summed E-state index contributed by atoms with van der Waals surface area (Å²) in [6, 6.07) is 0. The van der Waals surface area contributed by atoms with Gasteiger partial charge in [-0.05, 0) is 0 Å². The number of hydrogen-bond donors (Lipinski definition) is 0. The fourth-order valence-corrected chi connectivity index (χ4v) is 0. The van der Waals surface area contributed by atoms with Gasteiger partial charge in [-0.15, -0.1) is 0 Å². The van der Waals surface area contributed by atoms with Gasteiger partial charge >= 0.3 is 58.4 Å². The van der Waals surface area contributed by atoms with Gasteiger partial charge < -0.3 is 12.9 Å². The summed E-state index contributed by atoms with van der Waals surface area (Å²) in [6.07, 6.45) is -0.667. The second-order valence-electron chi connectivity index (χ2n) is 1.12. The Labute approximate surface area is 83.3 Å². The van der Waals surface area contributed by atoms with Crippen molar-refractivity contribution in [2.45, 2.75) is 13.2 Å². The monoisotopic (exact) mass is 137 g/mol. The van der Waals surface area contributed by atoms with Gasteiger partial charge in [0.2, 0.25) is 0 Å². The van der Waals surface area contributed by atoms with E-state index in [4.69, 9.17) is 0 Å². The predicted octanol–water partition coefficient (Wildman–Crippen LogP) is 1.21. The molecule has 0 rings (SSSR count). The molecule has 5 heteroatoms. The van der Waals surface area contributed by atoms with Crippen LogP contribution in [0.3, 0.4) is 0 Å². The zero-order chi connectivity index (χ0) is 5.21. The molecule has 0 aliphatic heterocycles. The standard InChI is InChI=1S/C2H5BF3.K.H/c1-2-3(4,5)6;;/h2H2,1H3;;/q-1;;. The van der Waals surface area contributed by atoms with Gasteiger partial charge in [0.05, 0.1) is 0 Å². The zero-order valence-electron chi connectivity index (χ0n) is 3.42. The quantitative estimate of drug-likeness (QED) is 0.476. The van der Waals surface area contributed by atoms with Crippen molar-refractivity contribution < 1.29 is 12.9 Å². The van der Waals surface area contributed by atoms with E-state index in [1.54, 1.807) is 0 Å². The van der Waals surface area contributed by atoms with Crippen molar-refractivity contribution in [3.8, 4) is 0 Å². The molecule has 0 aromatic carbocycles. The average molecular weight is 137 g/mol. The van der Waals surface area contributed by atoms with Crippen LogP contribution in [-0.4, -0.2) is 58.4 Å². The summed E-state index contributed by atoms with van der Waals surface area (Å²) in [6.45, 7) is -3.37. The molecule has 0 heterocycles. The van der Waals surface area contributed by atoms with Gasteiger partial charge in [-0.25, -0.2) is 0 Å². The molecule has 0 N–H and O–H groups in total. The van der Waals surface area contributed by atoms with Crippen LogP contribution < -0.4 is 0 Å². The summed E-state index contributed by atoms with van der Waals surface area (Å²) in [5.41, 5.74) is 0. The number of rotatable bonds is 1. The molecular weight excluding hydrogens is 131 g/mol. The van der Waals surface area contributed by atoms with Gasteiger partial charge in [-0.2, -0.15) is 0 Å². The average Bonchev–Trinajstić information content (AvgIpc) is 1.35. The molecule has 0 unspecified atom stereocenters. The Morgan fingerprint density at radius 2 is 1.43 bits per heavy atom. The molecule has 0 aliphatic rings. The van der Waals surface area contributed by atoms with Gasteiger partial charge in [0.1, 0.15) is 0 Å². The van der Waals surface area contributed by atoms with Gasteiger partial charge in [-0.3, -0.25) is 0 Å². The fourth-order valence-electron chi connectivity index (χ4n) is 0. The number of halogens is 3. The molecule has 0 spiro atoms. The van der Waals surface area contributed by atoms with Crippen molar-refractivity contribution in [3.05, 3.63) is 0 Å². The Morgan fingerprint density at radius 3 is 1.43 bits per heavy atom. The molecular formula is C2H6BF3K-. The van der Waals surface area contributed by atoms with Crippen molar-refractivity contribution in [1.82, 2.24) is 0 Å². The minimum absolute atomic E-state index is 0. The molecule has 0 aliphatic carbocycles. The van der Waals surface area contributed by atoms with Crippen LogP contribution in [0, 0.1) is 0 Å². The predicted molar refractivity (Wildman–Crippen MR) is 26.7 cm³/mol. The maximum atomic E-state index is 10.8. The van der Waals surface area contributed by atoms with E-state index in [9.17, 15) is 12.9 Å². The first-order valence-corrected chi connectivity index (χ1v) is 1.77. The molecule has 0 aromatic heterocycles. The summed E-state index contributed by atoms with van der Waals surface area (Å²) in [4.78, 5) is 0. The van der Waals surface area contributed by atoms with Crippen LogP contribution >= 0.6 is 0 Å². The Hall–Kier alpha value is 1.49. The minimum atomic E-state index is -4.49. The van der Waals surface area contributed by atoms with Gasteiger partial charge in [0, 0.05) is 0 Å². The van der Waals surface area contributed by atoms with Gasteiger partial charge in [-0.1, -0.05) is 13.2 Å². The van der Waals surface area contributed by atoms with E-state index in [1.165, 1.54) is 0 Å². The molecule has 0 saturated heterocycles. The summed E-state index contributed by atoms with van der Waals surface area (Å²) >= 11 is 0. The van der Waals surface area contributed by atoms with Crippen LogP contribution in [0.2, 0.25) is 6.32 Å². The summed E-state index contributed by atoms with van der Waals surface area (Å²) in [5.74, 6) is 0. The normalized spacial score (nSPS) is 10.3. The van der Waals surface area contributed by atoms with E-state index in [1.807, 2.05) is 0 Å². The van der Waals surface area contributed by atoms with E-state index >= 15 is 0 Å². The van der Waals surface area contributed by atoms with Gasteiger partial charge in [0.25, 0.3) is 0 Å². The summed E-state index contributed by atoms with van der Waals surface area (Å²) in [5, 5.41) is 0. The first-order chi connectivity index (χ1) is 2.56. The third kappa shape index (κ3) is 11.2. The second-order valence-corrected chi connectivity index (χ2v) is 1.12. The second kappa shape index (κ2) is 4.38. The Morgan fingerprint density at radius 1 is 1.29 bits per heavy atom. The summed E-state index contributed by atoms with van der Waals surface area (Å²) < 4.78 is 32.5. The first-order valence-electron chi connectivity index (χ1n) is 1.77. The Bertz CT molecular complexity index is 42.7. The molecule has 0 amide bonds. The van der Waals surface area contributed by atoms with E-state index in [0.29, 0.717) is 0 Å². The molecule has 0 saturated carbocycles. The van der Waals surface area contributed by atoms with Gasteiger partial charge in [0.15, 0.2) is 0 Å². The molecule has 0 atom stereocenters. The molecule has 0 bridgehead atoms. The van der Waals surface area contributed by atoms with Crippen molar-refractivity contribution in [3.63, 3.8) is 0 Å². The van der Waals surface area contributed by atoms with Crippen molar-refractivity contribution in [2.24, 2.45) is 0 Å². The van der Waals surface area contributed by atoms with Crippen LogP contribution in [0.25, 0.3) is 0 Å². The fraction of sp³-hybridized carbons (Fsp3) is 1.00. The number of hydrogen-bond acceptors (Lipinski definition) is 0. The third-order valence-electron chi connectivity index (χ3n) is 0.463. The molecule has 40 valence electrons. The molecule has 7 heavy (non-hydrogen) atoms. The Kier molecular flexibility index (Phi) is 7.07. The zero-order valence-corrected chi connectivity index (χ0v) is 3.42. The van der Waals surface area contributed by atoms with E-state index < -0.39 is 13.3 Å². The van der Waals surface area contributed by atoms with Crippen LogP contribution in [0.15, 0.2) is 0 Å². The topological polar surface area (TPSA) is 0 Å². The SMILES string of the molecule is CC[B-](F)(F)F.[KH]. The van der Waals surface area contributed by atoms with Crippen LogP contribution in [-0.2, 0) is 0 Å². The van der Waals surface area contributed by atoms with E-state index in [-0.39, 0.29) is 51.4 Å². The molecule has 0 aromatic rings. The molecule has 0 fully saturated rings. The third-order valence-corrected chi connectivity index (χ3v) is 0.463.